The molecule has 0 amide bonds. The van der Waals surface area contributed by atoms with E-state index in [2.05, 4.69) is 27.3 Å². The molecule has 1 aliphatic rings. The first-order valence-corrected chi connectivity index (χ1v) is 8.53. The molecule has 6 heteroatoms. The summed E-state index contributed by atoms with van der Waals surface area (Å²) in [6.45, 7) is 3.87. The third kappa shape index (κ3) is 3.65. The van der Waals surface area contributed by atoms with Crippen molar-refractivity contribution in [2.75, 3.05) is 13.2 Å². The monoisotopic (exact) mass is 338 g/mol. The number of nitrogens with zero attached hydrogens (tertiary/aromatic N) is 4. The minimum Gasteiger partial charge on any atom is -0.472 e. The van der Waals surface area contributed by atoms with Gasteiger partial charge >= 0.3 is 0 Å². The number of benzene rings is 1. The third-order valence-electron chi connectivity index (χ3n) is 4.60. The van der Waals surface area contributed by atoms with Gasteiger partial charge < -0.3 is 9.15 Å². The summed E-state index contributed by atoms with van der Waals surface area (Å²) in [5, 5.41) is 8.56. The maximum atomic E-state index is 6.01. The van der Waals surface area contributed by atoms with Crippen molar-refractivity contribution < 1.29 is 9.15 Å². The molecule has 0 saturated carbocycles. The predicted octanol–water partition coefficient (Wildman–Crippen LogP) is 2.72. The molecule has 0 N–H and O–H groups in total. The van der Waals surface area contributed by atoms with Crippen molar-refractivity contribution >= 4 is 0 Å². The van der Waals surface area contributed by atoms with Crippen LogP contribution in [-0.2, 0) is 31.5 Å². The molecule has 0 radical (unpaired) electrons. The van der Waals surface area contributed by atoms with Gasteiger partial charge in [-0.25, -0.2) is 0 Å². The number of furan rings is 1. The molecule has 0 aliphatic carbocycles. The lowest BCUT2D eigenvalue weighted by molar-refractivity contribution is 0.0829. The molecule has 2 aromatic heterocycles. The smallest absolute Gasteiger partial charge is 0.100 e. The molecule has 4 rings (SSSR count). The second kappa shape index (κ2) is 7.21. The summed E-state index contributed by atoms with van der Waals surface area (Å²) in [5.41, 5.74) is 4.61. The van der Waals surface area contributed by atoms with Gasteiger partial charge in [0.25, 0.3) is 0 Å². The lowest BCUT2D eigenvalue weighted by Crippen LogP contribution is -2.35. The molecule has 1 atom stereocenters. The van der Waals surface area contributed by atoms with Gasteiger partial charge in [-0.05, 0) is 11.6 Å². The SMILES string of the molecule is Cn1nnc2c1[C@@H](COCc1ccccc1)CN(Cc1ccoc1)C2. The minimum absolute atomic E-state index is 0.263. The van der Waals surface area contributed by atoms with Gasteiger partial charge in [-0.3, -0.25) is 9.58 Å². The van der Waals surface area contributed by atoms with E-state index in [9.17, 15) is 0 Å². The number of aryl methyl sites for hydroxylation is 1. The first-order chi connectivity index (χ1) is 12.3. The van der Waals surface area contributed by atoms with E-state index in [1.54, 1.807) is 12.5 Å². The molecule has 0 saturated heterocycles. The molecule has 3 heterocycles. The van der Waals surface area contributed by atoms with Crippen LogP contribution in [0.3, 0.4) is 0 Å². The van der Waals surface area contributed by atoms with E-state index in [-0.39, 0.29) is 5.92 Å². The van der Waals surface area contributed by atoms with Gasteiger partial charge in [-0.2, -0.15) is 0 Å². The summed E-state index contributed by atoms with van der Waals surface area (Å²) in [7, 11) is 1.96. The Balaban J connectivity index is 1.44. The fourth-order valence-electron chi connectivity index (χ4n) is 3.48. The summed E-state index contributed by atoms with van der Waals surface area (Å²) < 4.78 is 13.1. The molecule has 0 bridgehead atoms. The van der Waals surface area contributed by atoms with E-state index in [4.69, 9.17) is 9.15 Å². The molecule has 1 aliphatic heterocycles. The summed E-state index contributed by atoms with van der Waals surface area (Å²) in [6.07, 6.45) is 3.51. The third-order valence-corrected chi connectivity index (χ3v) is 4.60. The molecule has 130 valence electrons. The number of fused-ring (bicyclic) bond motifs is 1. The molecule has 0 unspecified atom stereocenters. The zero-order valence-electron chi connectivity index (χ0n) is 14.3. The van der Waals surface area contributed by atoms with E-state index in [1.807, 2.05) is 36.0 Å². The van der Waals surface area contributed by atoms with Gasteiger partial charge in [0.05, 0.1) is 31.4 Å². The largest absolute Gasteiger partial charge is 0.472 e. The van der Waals surface area contributed by atoms with Crippen molar-refractivity contribution in [3.05, 3.63) is 71.4 Å². The Hall–Kier alpha value is -2.44. The normalized spacial score (nSPS) is 17.6. The maximum absolute atomic E-state index is 6.01. The Morgan fingerprint density at radius 1 is 1.20 bits per heavy atom. The molecule has 3 aromatic rings. The Morgan fingerprint density at radius 2 is 2.08 bits per heavy atom. The lowest BCUT2D eigenvalue weighted by atomic mass is 9.98. The van der Waals surface area contributed by atoms with Crippen molar-refractivity contribution in [2.24, 2.45) is 7.05 Å². The number of ether oxygens (including phenoxy) is 1. The Labute approximate surface area is 147 Å². The van der Waals surface area contributed by atoms with Crippen molar-refractivity contribution in [1.82, 2.24) is 19.9 Å². The second-order valence-corrected chi connectivity index (χ2v) is 6.54. The zero-order valence-corrected chi connectivity index (χ0v) is 14.3. The maximum Gasteiger partial charge on any atom is 0.100 e. The van der Waals surface area contributed by atoms with E-state index >= 15 is 0 Å². The van der Waals surface area contributed by atoms with E-state index < -0.39 is 0 Å². The molecule has 6 nitrogen and oxygen atoms in total. The minimum atomic E-state index is 0.263. The van der Waals surface area contributed by atoms with E-state index in [0.29, 0.717) is 13.2 Å². The van der Waals surface area contributed by atoms with Gasteiger partial charge in [-0.1, -0.05) is 35.5 Å². The fourth-order valence-corrected chi connectivity index (χ4v) is 3.48. The van der Waals surface area contributed by atoms with Crippen molar-refractivity contribution in [2.45, 2.75) is 25.6 Å². The van der Waals surface area contributed by atoms with Crippen LogP contribution < -0.4 is 0 Å². The number of hydrogen-bond acceptors (Lipinski definition) is 5. The van der Waals surface area contributed by atoms with Gasteiger partial charge in [-0.15, -0.1) is 5.10 Å². The Kier molecular flexibility index (Phi) is 4.63. The number of hydrogen-bond donors (Lipinski definition) is 0. The van der Waals surface area contributed by atoms with Crippen LogP contribution in [0.5, 0.6) is 0 Å². The van der Waals surface area contributed by atoms with Crippen LogP contribution >= 0.6 is 0 Å². The summed E-state index contributed by atoms with van der Waals surface area (Å²) in [5.74, 6) is 0.263. The first-order valence-electron chi connectivity index (χ1n) is 8.53. The zero-order chi connectivity index (χ0) is 17.1. The molecule has 25 heavy (non-hydrogen) atoms. The van der Waals surface area contributed by atoms with Crippen LogP contribution in [-0.4, -0.2) is 33.0 Å². The van der Waals surface area contributed by atoms with Crippen LogP contribution in [0.2, 0.25) is 0 Å². The van der Waals surface area contributed by atoms with Crippen molar-refractivity contribution in [1.29, 1.82) is 0 Å². The van der Waals surface area contributed by atoms with Gasteiger partial charge in [0.1, 0.15) is 5.69 Å². The van der Waals surface area contributed by atoms with Crippen molar-refractivity contribution in [3.8, 4) is 0 Å². The average molecular weight is 338 g/mol. The van der Waals surface area contributed by atoms with Crippen LogP contribution in [0.1, 0.15) is 28.4 Å². The summed E-state index contributed by atoms with van der Waals surface area (Å²) in [6, 6.07) is 12.3. The lowest BCUT2D eigenvalue weighted by Gasteiger charge is -2.31. The highest BCUT2D eigenvalue weighted by Crippen LogP contribution is 2.28. The standard InChI is InChI=1S/C19H22N4O2/c1-22-19-17(14-25-12-15-5-3-2-4-6-15)10-23(11-18(19)20-21-22)9-16-7-8-24-13-16/h2-8,13,17H,9-12,14H2,1H3/t17-/m1/s1. The van der Waals surface area contributed by atoms with Crippen LogP contribution in [0.4, 0.5) is 0 Å². The highest BCUT2D eigenvalue weighted by molar-refractivity contribution is 5.20. The number of rotatable bonds is 6. The van der Waals surface area contributed by atoms with E-state index in [0.717, 1.165) is 25.3 Å². The molecule has 1 aromatic carbocycles. The van der Waals surface area contributed by atoms with Crippen LogP contribution in [0.15, 0.2) is 53.3 Å². The highest BCUT2D eigenvalue weighted by Gasteiger charge is 2.30. The summed E-state index contributed by atoms with van der Waals surface area (Å²) in [4.78, 5) is 2.37. The molecular weight excluding hydrogens is 316 g/mol. The second-order valence-electron chi connectivity index (χ2n) is 6.54. The molecule has 0 spiro atoms. The highest BCUT2D eigenvalue weighted by atomic mass is 16.5. The average Bonchev–Trinajstić information content (AvgIpc) is 3.26. The Bertz CT molecular complexity index is 798. The molecular formula is C19H22N4O2. The van der Waals surface area contributed by atoms with Gasteiger partial charge in [0.2, 0.25) is 0 Å². The van der Waals surface area contributed by atoms with Crippen LogP contribution in [0.25, 0.3) is 0 Å². The first kappa shape index (κ1) is 16.1. The topological polar surface area (TPSA) is 56.3 Å². The Morgan fingerprint density at radius 3 is 2.88 bits per heavy atom. The van der Waals surface area contributed by atoms with E-state index in [1.165, 1.54) is 16.8 Å². The summed E-state index contributed by atoms with van der Waals surface area (Å²) >= 11 is 0. The van der Waals surface area contributed by atoms with Gasteiger partial charge in [0, 0.05) is 38.2 Å². The van der Waals surface area contributed by atoms with Crippen LogP contribution in [0, 0.1) is 0 Å². The fraction of sp³-hybridized carbons (Fsp3) is 0.368. The van der Waals surface area contributed by atoms with Gasteiger partial charge in [0.15, 0.2) is 0 Å². The predicted molar refractivity (Wildman–Crippen MR) is 92.7 cm³/mol. The molecule has 0 fully saturated rings. The number of aromatic nitrogens is 3. The quantitative estimate of drug-likeness (QED) is 0.692. The van der Waals surface area contributed by atoms with Crippen molar-refractivity contribution in [3.63, 3.8) is 0 Å².